The Hall–Kier alpha value is -3.40. The molecule has 2 aliphatic heterocycles. The first kappa shape index (κ1) is 33.9. The number of nitrogens with one attached hydrogen (secondary N) is 2. The Bertz CT molecular complexity index is 1580. The van der Waals surface area contributed by atoms with Crippen molar-refractivity contribution >= 4 is 45.4 Å². The van der Waals surface area contributed by atoms with E-state index in [1.54, 1.807) is 0 Å². The predicted molar refractivity (Wildman–Crippen MR) is 200 cm³/mol. The van der Waals surface area contributed by atoms with E-state index in [9.17, 15) is 0 Å². The van der Waals surface area contributed by atoms with Crippen molar-refractivity contribution in [3.8, 4) is 0 Å². The van der Waals surface area contributed by atoms with Crippen molar-refractivity contribution in [2.24, 2.45) is 0 Å². The molecular weight excluding hydrogens is 560 g/mol. The molecule has 246 valence electrons. The summed E-state index contributed by atoms with van der Waals surface area (Å²) in [6, 6.07) is 17.1. The Morgan fingerprint density at radius 2 is 0.891 bits per heavy atom. The van der Waals surface area contributed by atoms with Crippen LogP contribution in [0.25, 0.3) is 45.4 Å². The average molecular weight is 619 g/mol. The van der Waals surface area contributed by atoms with Gasteiger partial charge in [0.2, 0.25) is 0 Å². The molecule has 4 nitrogen and oxygen atoms in total. The summed E-state index contributed by atoms with van der Waals surface area (Å²) in [6.07, 6.45) is 32.0. The van der Waals surface area contributed by atoms with Gasteiger partial charge in [-0.25, -0.2) is 9.97 Å². The fraction of sp³-hybridized carbons (Fsp3) is 0.524. The summed E-state index contributed by atoms with van der Waals surface area (Å²) in [4.78, 5) is 17.0. The van der Waals surface area contributed by atoms with Crippen LogP contribution in [0.1, 0.15) is 165 Å². The molecular formula is C42H58N4. The maximum atomic E-state index is 5.12. The highest BCUT2D eigenvalue weighted by Gasteiger charge is 2.17. The molecule has 5 rings (SSSR count). The summed E-state index contributed by atoms with van der Waals surface area (Å²) in [7, 11) is 0. The van der Waals surface area contributed by atoms with Crippen LogP contribution in [0.2, 0.25) is 0 Å². The van der Waals surface area contributed by atoms with Gasteiger partial charge in [0.15, 0.2) is 0 Å². The van der Waals surface area contributed by atoms with Crippen molar-refractivity contribution in [3.05, 3.63) is 71.3 Å². The Labute approximate surface area is 278 Å². The smallest absolute Gasteiger partial charge is 0.0693 e. The van der Waals surface area contributed by atoms with Gasteiger partial charge >= 0.3 is 0 Å². The van der Waals surface area contributed by atoms with Crippen LogP contribution in [0.15, 0.2) is 48.5 Å². The van der Waals surface area contributed by atoms with E-state index >= 15 is 0 Å². The van der Waals surface area contributed by atoms with Crippen molar-refractivity contribution in [1.29, 1.82) is 0 Å². The molecule has 0 saturated heterocycles. The van der Waals surface area contributed by atoms with Gasteiger partial charge in [-0.05, 0) is 91.6 Å². The standard InChI is InChI=1S/C42H58N4/c1-3-4-5-6-7-8-9-10-11-12-13-14-15-16-17-18-19-20-21-22-40-33(2)41-31-38-27-25-36(44-38)29-34-23-24-35(43-34)30-37-26-28-39(45-37)32-42(40)46-41/h23-32,43,45H,3-22H2,1-2H3. The zero-order valence-corrected chi connectivity index (χ0v) is 28.8. The topological polar surface area (TPSA) is 57.4 Å². The Morgan fingerprint density at radius 3 is 1.41 bits per heavy atom. The second-order valence-corrected chi connectivity index (χ2v) is 13.7. The molecule has 0 aliphatic carbocycles. The van der Waals surface area contributed by atoms with Gasteiger partial charge in [0.05, 0.1) is 22.8 Å². The van der Waals surface area contributed by atoms with Crippen LogP contribution in [0.3, 0.4) is 0 Å². The lowest BCUT2D eigenvalue weighted by molar-refractivity contribution is 0.524. The minimum absolute atomic E-state index is 0.958. The van der Waals surface area contributed by atoms with Crippen LogP contribution in [0, 0.1) is 0 Å². The van der Waals surface area contributed by atoms with Crippen molar-refractivity contribution in [2.75, 3.05) is 0 Å². The lowest BCUT2D eigenvalue weighted by Crippen LogP contribution is -1.86. The number of nitrogens with zero attached hydrogens (tertiary/aromatic N) is 2. The molecule has 3 aromatic rings. The molecule has 0 saturated carbocycles. The lowest BCUT2D eigenvalue weighted by atomic mass is 9.98. The van der Waals surface area contributed by atoms with Crippen LogP contribution in [0.4, 0.5) is 0 Å². The molecule has 0 radical (unpaired) electrons. The third-order valence-electron chi connectivity index (χ3n) is 9.75. The second kappa shape index (κ2) is 18.7. The van der Waals surface area contributed by atoms with Gasteiger partial charge in [0, 0.05) is 22.1 Å². The fourth-order valence-electron chi connectivity index (χ4n) is 6.95. The number of allylic oxidation sites excluding steroid dienone is 2. The van der Waals surface area contributed by atoms with Gasteiger partial charge < -0.3 is 9.97 Å². The van der Waals surface area contributed by atoms with E-state index in [0.29, 0.717) is 0 Å². The lowest BCUT2D eigenvalue weighted by Gasteiger charge is -2.06. The fourth-order valence-corrected chi connectivity index (χ4v) is 6.95. The SMILES string of the molecule is CCCCCCCCCCCCCCCCCCCCCC1=C(C)c2cc3nc(cc4ccc(cc5ccc(cc1n2)[nH]5)[nH]4)C=C3. The Kier molecular flexibility index (Phi) is 13.8. The molecule has 2 N–H and O–H groups in total. The van der Waals surface area contributed by atoms with E-state index in [1.165, 1.54) is 133 Å². The molecule has 46 heavy (non-hydrogen) atoms. The minimum Gasteiger partial charge on any atom is -0.355 e. The van der Waals surface area contributed by atoms with Gasteiger partial charge in [0.25, 0.3) is 0 Å². The molecule has 0 amide bonds. The van der Waals surface area contributed by atoms with Gasteiger partial charge in [-0.3, -0.25) is 0 Å². The Morgan fingerprint density at radius 1 is 0.457 bits per heavy atom. The largest absolute Gasteiger partial charge is 0.355 e. The maximum Gasteiger partial charge on any atom is 0.0693 e. The molecule has 0 fully saturated rings. The van der Waals surface area contributed by atoms with Gasteiger partial charge in [-0.1, -0.05) is 122 Å². The highest BCUT2D eigenvalue weighted by Crippen LogP contribution is 2.34. The van der Waals surface area contributed by atoms with Crippen LogP contribution < -0.4 is 0 Å². The normalized spacial score (nSPS) is 12.8. The molecule has 0 unspecified atom stereocenters. The van der Waals surface area contributed by atoms with Crippen molar-refractivity contribution in [3.63, 3.8) is 0 Å². The molecule has 8 bridgehead atoms. The van der Waals surface area contributed by atoms with Gasteiger partial charge in [0.1, 0.15) is 0 Å². The monoisotopic (exact) mass is 618 g/mol. The number of aromatic nitrogens is 4. The second-order valence-electron chi connectivity index (χ2n) is 13.7. The van der Waals surface area contributed by atoms with Crippen LogP contribution >= 0.6 is 0 Å². The summed E-state index contributed by atoms with van der Waals surface area (Å²) in [5, 5.41) is 0. The maximum absolute atomic E-state index is 5.12. The number of unbranched alkanes of at least 4 members (excludes halogenated alkanes) is 18. The van der Waals surface area contributed by atoms with Gasteiger partial charge in [-0.15, -0.1) is 0 Å². The summed E-state index contributed by atoms with van der Waals surface area (Å²) in [6.45, 7) is 4.54. The molecule has 0 atom stereocenters. The van der Waals surface area contributed by atoms with E-state index in [4.69, 9.17) is 9.97 Å². The summed E-state index contributed by atoms with van der Waals surface area (Å²) in [5.41, 5.74) is 11.0. The van der Waals surface area contributed by atoms with Gasteiger partial charge in [-0.2, -0.15) is 0 Å². The highest BCUT2D eigenvalue weighted by molar-refractivity contribution is 5.92. The van der Waals surface area contributed by atoms with Crippen LogP contribution in [-0.2, 0) is 0 Å². The molecule has 5 heterocycles. The molecule has 2 aliphatic rings. The minimum atomic E-state index is 0.958. The predicted octanol–water partition coefficient (Wildman–Crippen LogP) is 13.2. The van der Waals surface area contributed by atoms with Crippen LogP contribution in [-0.4, -0.2) is 19.9 Å². The first-order valence-corrected chi connectivity index (χ1v) is 18.7. The zero-order chi connectivity index (χ0) is 31.8. The number of fused-ring (bicyclic) bond motifs is 8. The number of aromatic amines is 2. The van der Waals surface area contributed by atoms with Crippen molar-refractivity contribution < 1.29 is 0 Å². The van der Waals surface area contributed by atoms with E-state index < -0.39 is 0 Å². The third-order valence-corrected chi connectivity index (χ3v) is 9.75. The molecule has 4 heteroatoms. The average Bonchev–Trinajstić information content (AvgIpc) is 3.85. The summed E-state index contributed by atoms with van der Waals surface area (Å²) < 4.78 is 0. The first-order valence-electron chi connectivity index (χ1n) is 18.7. The first-order chi connectivity index (χ1) is 22.7. The molecule has 3 aromatic heterocycles. The highest BCUT2D eigenvalue weighted by atomic mass is 14.8. The third kappa shape index (κ3) is 10.9. The number of hydrogen-bond acceptors (Lipinski definition) is 2. The summed E-state index contributed by atoms with van der Waals surface area (Å²) in [5.74, 6) is 0. The molecule has 0 aromatic carbocycles. The van der Waals surface area contributed by atoms with E-state index in [0.717, 1.165) is 51.3 Å². The zero-order valence-electron chi connectivity index (χ0n) is 28.8. The number of rotatable bonds is 20. The summed E-state index contributed by atoms with van der Waals surface area (Å²) >= 11 is 0. The van der Waals surface area contributed by atoms with Crippen molar-refractivity contribution in [1.82, 2.24) is 19.9 Å². The quantitative estimate of drug-likeness (QED) is 0.0968. The van der Waals surface area contributed by atoms with E-state index in [2.05, 4.69) is 84.5 Å². The Balaban J connectivity index is 1.04. The van der Waals surface area contributed by atoms with E-state index in [1.807, 2.05) is 0 Å². The van der Waals surface area contributed by atoms with Crippen molar-refractivity contribution in [2.45, 2.75) is 142 Å². The number of hydrogen-bond donors (Lipinski definition) is 2. The number of H-pyrrole nitrogens is 2. The molecule has 0 spiro atoms. The van der Waals surface area contributed by atoms with E-state index in [-0.39, 0.29) is 0 Å². The van der Waals surface area contributed by atoms with Crippen LogP contribution in [0.5, 0.6) is 0 Å².